The molecule has 144 valence electrons. The van der Waals surface area contributed by atoms with Gasteiger partial charge in [0.2, 0.25) is 0 Å². The van der Waals surface area contributed by atoms with Gasteiger partial charge in [0.1, 0.15) is 5.75 Å². The molecule has 0 amide bonds. The summed E-state index contributed by atoms with van der Waals surface area (Å²) in [6.07, 6.45) is -3.85. The minimum absolute atomic E-state index is 0.191. The Morgan fingerprint density at radius 2 is 1.96 bits per heavy atom. The Morgan fingerprint density at radius 1 is 1.22 bits per heavy atom. The van der Waals surface area contributed by atoms with Crippen LogP contribution in [-0.4, -0.2) is 36.6 Å². The highest BCUT2D eigenvalue weighted by molar-refractivity contribution is 5.87. The van der Waals surface area contributed by atoms with Gasteiger partial charge in [0.25, 0.3) is 0 Å². The molecule has 1 atom stereocenters. The van der Waals surface area contributed by atoms with E-state index < -0.39 is 12.3 Å². The van der Waals surface area contributed by atoms with Gasteiger partial charge in [0.05, 0.1) is 5.56 Å². The monoisotopic (exact) mass is 380 g/mol. The third kappa shape index (κ3) is 5.37. The van der Waals surface area contributed by atoms with Gasteiger partial charge in [-0.25, -0.2) is 4.79 Å². The van der Waals surface area contributed by atoms with Gasteiger partial charge in [-0.3, -0.25) is 0 Å². The van der Waals surface area contributed by atoms with Crippen molar-refractivity contribution in [3.05, 3.63) is 59.7 Å². The van der Waals surface area contributed by atoms with Gasteiger partial charge in [-0.2, -0.15) is 0 Å². The molecule has 2 N–H and O–H groups in total. The lowest BCUT2D eigenvalue weighted by molar-refractivity contribution is -0.274. The summed E-state index contributed by atoms with van der Waals surface area (Å²) in [5.41, 5.74) is 1.90. The second-order valence-electron chi connectivity index (χ2n) is 6.36. The predicted molar refractivity (Wildman–Crippen MR) is 94.0 cm³/mol. The average molecular weight is 380 g/mol. The number of alkyl halides is 3. The highest BCUT2D eigenvalue weighted by Gasteiger charge is 2.31. The largest absolute Gasteiger partial charge is 0.573 e. The number of halogens is 3. The Hall–Kier alpha value is -2.74. The Balaban J connectivity index is 1.54. The number of rotatable bonds is 6. The summed E-state index contributed by atoms with van der Waals surface area (Å²) in [7, 11) is 0. The third-order valence-electron chi connectivity index (χ3n) is 4.40. The van der Waals surface area contributed by atoms with E-state index in [-0.39, 0.29) is 17.4 Å². The first kappa shape index (κ1) is 19.0. The summed E-state index contributed by atoms with van der Waals surface area (Å²) in [6, 6.07) is 12.8. The third-order valence-corrected chi connectivity index (χ3v) is 4.40. The molecule has 5 nitrogen and oxygen atoms in total. The topological polar surface area (TPSA) is 61.8 Å². The van der Waals surface area contributed by atoms with Crippen LogP contribution < -0.4 is 15.0 Å². The van der Waals surface area contributed by atoms with Crippen molar-refractivity contribution in [1.82, 2.24) is 5.32 Å². The van der Waals surface area contributed by atoms with Gasteiger partial charge in [-0.1, -0.05) is 18.2 Å². The number of hydrogen-bond acceptors (Lipinski definition) is 4. The van der Waals surface area contributed by atoms with Crippen molar-refractivity contribution in [3.8, 4) is 5.75 Å². The van der Waals surface area contributed by atoms with Crippen LogP contribution in [0.15, 0.2) is 48.5 Å². The minimum atomic E-state index is -4.70. The molecular weight excluding hydrogens is 361 g/mol. The number of nitrogens with one attached hydrogen (secondary N) is 1. The number of ether oxygens (including phenoxy) is 1. The van der Waals surface area contributed by atoms with Crippen molar-refractivity contribution in [2.45, 2.75) is 25.4 Å². The lowest BCUT2D eigenvalue weighted by Crippen LogP contribution is -2.32. The van der Waals surface area contributed by atoms with Crippen molar-refractivity contribution in [1.29, 1.82) is 0 Å². The first-order valence-electron chi connectivity index (χ1n) is 8.46. The fourth-order valence-corrected chi connectivity index (χ4v) is 3.07. The first-order chi connectivity index (χ1) is 12.8. The number of carboxylic acid groups (broad SMARTS) is 1. The second-order valence-corrected chi connectivity index (χ2v) is 6.36. The van der Waals surface area contributed by atoms with Gasteiger partial charge in [0, 0.05) is 37.4 Å². The molecule has 1 unspecified atom stereocenters. The molecule has 3 rings (SSSR count). The molecule has 8 heteroatoms. The zero-order valence-corrected chi connectivity index (χ0v) is 14.4. The molecule has 1 aliphatic rings. The van der Waals surface area contributed by atoms with E-state index in [2.05, 4.69) is 10.1 Å². The Labute approximate surface area is 154 Å². The molecule has 2 aromatic carbocycles. The predicted octanol–water partition coefficient (Wildman–Crippen LogP) is 3.65. The molecule has 0 saturated carbocycles. The molecule has 1 heterocycles. The number of carboxylic acids is 1. The molecular formula is C19H19F3N2O3. The van der Waals surface area contributed by atoms with E-state index in [1.165, 1.54) is 12.1 Å². The van der Waals surface area contributed by atoms with E-state index >= 15 is 0 Å². The Kier molecular flexibility index (Phi) is 5.55. The molecule has 1 aliphatic heterocycles. The number of carbonyl (C=O) groups is 1. The van der Waals surface area contributed by atoms with E-state index in [0.717, 1.165) is 18.5 Å². The minimum Gasteiger partial charge on any atom is -0.478 e. The zero-order chi connectivity index (χ0) is 19.4. The van der Waals surface area contributed by atoms with E-state index in [1.807, 2.05) is 4.90 Å². The maximum absolute atomic E-state index is 12.4. The van der Waals surface area contributed by atoms with Crippen LogP contribution in [0.25, 0.3) is 0 Å². The van der Waals surface area contributed by atoms with E-state index in [1.54, 1.807) is 36.4 Å². The standard InChI is InChI=1S/C19H19F3N2O3/c20-19(21,22)27-17-3-1-2-16(10-17)24-9-8-15(12-24)23-11-13-4-6-14(7-5-13)18(25)26/h1-7,10,15,23H,8-9,11-12H2,(H,25,26). The smallest absolute Gasteiger partial charge is 0.478 e. The number of benzene rings is 2. The SMILES string of the molecule is O=C(O)c1ccc(CNC2CCN(c3cccc(OC(F)(F)F)c3)C2)cc1. The maximum atomic E-state index is 12.4. The number of hydrogen-bond donors (Lipinski definition) is 2. The number of anilines is 1. The van der Waals surface area contributed by atoms with Crippen LogP contribution in [0, 0.1) is 0 Å². The highest BCUT2D eigenvalue weighted by atomic mass is 19.4. The first-order valence-corrected chi connectivity index (χ1v) is 8.46. The summed E-state index contributed by atoms with van der Waals surface area (Å²) in [4.78, 5) is 12.9. The van der Waals surface area contributed by atoms with Gasteiger partial charge in [-0.05, 0) is 36.2 Å². The van der Waals surface area contributed by atoms with Gasteiger partial charge >= 0.3 is 12.3 Å². The lowest BCUT2D eigenvalue weighted by Gasteiger charge is -2.20. The molecule has 0 bridgehead atoms. The summed E-state index contributed by atoms with van der Waals surface area (Å²) in [6.45, 7) is 1.99. The van der Waals surface area contributed by atoms with Crippen molar-refractivity contribution in [2.75, 3.05) is 18.0 Å². The normalized spacial score (nSPS) is 17.1. The molecule has 0 aromatic heterocycles. The van der Waals surface area contributed by atoms with Crippen LogP contribution in [0.4, 0.5) is 18.9 Å². The van der Waals surface area contributed by atoms with Crippen LogP contribution in [0.2, 0.25) is 0 Å². The molecule has 27 heavy (non-hydrogen) atoms. The van der Waals surface area contributed by atoms with Crippen LogP contribution in [0.1, 0.15) is 22.3 Å². The van der Waals surface area contributed by atoms with E-state index in [4.69, 9.17) is 5.11 Å². The second kappa shape index (κ2) is 7.87. The number of nitrogens with zero attached hydrogens (tertiary/aromatic N) is 1. The molecule has 1 saturated heterocycles. The fraction of sp³-hybridized carbons (Fsp3) is 0.316. The summed E-state index contributed by atoms with van der Waals surface area (Å²) >= 11 is 0. The average Bonchev–Trinajstić information content (AvgIpc) is 3.08. The number of aromatic carboxylic acids is 1. The summed E-state index contributed by atoms with van der Waals surface area (Å²) < 4.78 is 41.1. The van der Waals surface area contributed by atoms with Crippen LogP contribution >= 0.6 is 0 Å². The molecule has 1 fully saturated rings. The van der Waals surface area contributed by atoms with Gasteiger partial charge < -0.3 is 20.1 Å². The van der Waals surface area contributed by atoms with Crippen molar-refractivity contribution >= 4 is 11.7 Å². The van der Waals surface area contributed by atoms with Crippen molar-refractivity contribution in [3.63, 3.8) is 0 Å². The van der Waals surface area contributed by atoms with Crippen molar-refractivity contribution in [2.24, 2.45) is 0 Å². The van der Waals surface area contributed by atoms with Gasteiger partial charge in [-0.15, -0.1) is 13.2 Å². The van der Waals surface area contributed by atoms with Crippen molar-refractivity contribution < 1.29 is 27.8 Å². The molecule has 0 spiro atoms. The lowest BCUT2D eigenvalue weighted by atomic mass is 10.1. The van der Waals surface area contributed by atoms with Crippen LogP contribution in [0.5, 0.6) is 5.75 Å². The Bertz CT molecular complexity index is 794. The van der Waals surface area contributed by atoms with E-state index in [9.17, 15) is 18.0 Å². The molecule has 0 aliphatic carbocycles. The Morgan fingerprint density at radius 3 is 2.63 bits per heavy atom. The molecule has 2 aromatic rings. The summed E-state index contributed by atoms with van der Waals surface area (Å²) in [5.74, 6) is -1.19. The fourth-order valence-electron chi connectivity index (χ4n) is 3.07. The van der Waals surface area contributed by atoms with Gasteiger partial charge in [0.15, 0.2) is 0 Å². The highest BCUT2D eigenvalue weighted by Crippen LogP contribution is 2.28. The van der Waals surface area contributed by atoms with E-state index in [0.29, 0.717) is 18.8 Å². The van der Waals surface area contributed by atoms with Crippen LogP contribution in [0.3, 0.4) is 0 Å². The summed E-state index contributed by atoms with van der Waals surface area (Å²) in [5, 5.41) is 12.3. The molecule has 0 radical (unpaired) electrons. The maximum Gasteiger partial charge on any atom is 0.573 e. The quantitative estimate of drug-likeness (QED) is 0.801. The van der Waals surface area contributed by atoms with Crippen LogP contribution in [-0.2, 0) is 6.54 Å². The zero-order valence-electron chi connectivity index (χ0n) is 14.4.